The molecular formula is C19H18ClFN2O2S2. The molecule has 0 spiro atoms. The fourth-order valence-electron chi connectivity index (χ4n) is 3.26. The van der Waals surface area contributed by atoms with Gasteiger partial charge in [-0.15, -0.1) is 0 Å². The lowest BCUT2D eigenvalue weighted by atomic mass is 10.1. The summed E-state index contributed by atoms with van der Waals surface area (Å²) in [7, 11) is -3.00. The van der Waals surface area contributed by atoms with Crippen LogP contribution in [0, 0.1) is 12.7 Å². The molecule has 0 amide bonds. The second-order valence-corrected chi connectivity index (χ2v) is 10.6. The van der Waals surface area contributed by atoms with Gasteiger partial charge in [0.15, 0.2) is 15.0 Å². The van der Waals surface area contributed by atoms with Crippen molar-refractivity contribution in [1.82, 2.24) is 0 Å². The molecule has 2 aromatic rings. The fourth-order valence-corrected chi connectivity index (χ4v) is 7.22. The Morgan fingerprint density at radius 3 is 2.63 bits per heavy atom. The second kappa shape index (κ2) is 7.11. The van der Waals surface area contributed by atoms with Crippen molar-refractivity contribution in [2.45, 2.75) is 24.8 Å². The molecule has 2 heterocycles. The Morgan fingerprint density at radius 2 is 1.96 bits per heavy atom. The molecule has 0 aliphatic carbocycles. The van der Waals surface area contributed by atoms with Crippen molar-refractivity contribution in [3.8, 4) is 0 Å². The van der Waals surface area contributed by atoms with Gasteiger partial charge in [-0.05, 0) is 42.3 Å². The van der Waals surface area contributed by atoms with Crippen molar-refractivity contribution in [2.75, 3.05) is 16.4 Å². The van der Waals surface area contributed by atoms with E-state index in [9.17, 15) is 12.8 Å². The van der Waals surface area contributed by atoms with E-state index in [2.05, 4.69) is 0 Å². The van der Waals surface area contributed by atoms with Gasteiger partial charge in [-0.2, -0.15) is 0 Å². The monoisotopic (exact) mass is 424 g/mol. The molecular weight excluding hydrogens is 407 g/mol. The minimum absolute atomic E-state index is 0.0401. The number of thioether (sulfide) groups is 1. The SMILES string of the molecule is Cc1ccc(N(Cc2ccc(F)cc2)C2=N[C@@H]3CS(=O)(=O)C[C@@H]3S2)cc1Cl. The molecule has 0 unspecified atom stereocenters. The normalized spacial score (nSPS) is 23.1. The molecule has 0 bridgehead atoms. The molecule has 4 rings (SSSR count). The van der Waals surface area contributed by atoms with Gasteiger partial charge >= 0.3 is 0 Å². The first kappa shape index (κ1) is 18.8. The van der Waals surface area contributed by atoms with E-state index < -0.39 is 9.84 Å². The van der Waals surface area contributed by atoms with Crippen LogP contribution in [0.15, 0.2) is 47.5 Å². The highest BCUT2D eigenvalue weighted by atomic mass is 35.5. The first-order valence-electron chi connectivity index (χ1n) is 8.54. The summed E-state index contributed by atoms with van der Waals surface area (Å²) >= 11 is 7.82. The summed E-state index contributed by atoms with van der Waals surface area (Å²) in [5.74, 6) is -0.0160. The van der Waals surface area contributed by atoms with E-state index in [4.69, 9.17) is 16.6 Å². The lowest BCUT2D eigenvalue weighted by molar-refractivity contribution is 0.601. The molecule has 27 heavy (non-hydrogen) atoms. The first-order chi connectivity index (χ1) is 12.8. The summed E-state index contributed by atoms with van der Waals surface area (Å²) in [4.78, 5) is 6.72. The van der Waals surface area contributed by atoms with Crippen LogP contribution in [-0.4, -0.2) is 36.4 Å². The molecule has 0 saturated carbocycles. The van der Waals surface area contributed by atoms with Crippen molar-refractivity contribution < 1.29 is 12.8 Å². The molecule has 142 valence electrons. The quantitative estimate of drug-likeness (QED) is 0.745. The zero-order valence-corrected chi connectivity index (χ0v) is 17.0. The third-order valence-electron chi connectivity index (χ3n) is 4.76. The van der Waals surface area contributed by atoms with Gasteiger partial charge in [0.05, 0.1) is 24.1 Å². The van der Waals surface area contributed by atoms with Crippen LogP contribution in [0.5, 0.6) is 0 Å². The van der Waals surface area contributed by atoms with Crippen molar-refractivity contribution >= 4 is 44.1 Å². The van der Waals surface area contributed by atoms with Crippen molar-refractivity contribution in [1.29, 1.82) is 0 Å². The third kappa shape index (κ3) is 4.00. The highest BCUT2D eigenvalue weighted by molar-refractivity contribution is 8.15. The Labute approximate surface area is 167 Å². The predicted molar refractivity (Wildman–Crippen MR) is 110 cm³/mol. The number of nitrogens with zero attached hydrogens (tertiary/aromatic N) is 2. The minimum Gasteiger partial charge on any atom is -0.317 e. The molecule has 2 aromatic carbocycles. The molecule has 8 heteroatoms. The van der Waals surface area contributed by atoms with Crippen molar-refractivity contribution in [2.24, 2.45) is 4.99 Å². The van der Waals surface area contributed by atoms with Crippen LogP contribution in [0.2, 0.25) is 5.02 Å². The minimum atomic E-state index is -3.00. The topological polar surface area (TPSA) is 49.7 Å². The Hall–Kier alpha value is -1.57. The molecule has 1 fully saturated rings. The lowest BCUT2D eigenvalue weighted by Gasteiger charge is -2.25. The van der Waals surface area contributed by atoms with Gasteiger partial charge in [-0.3, -0.25) is 4.99 Å². The maximum atomic E-state index is 13.3. The Morgan fingerprint density at radius 1 is 1.22 bits per heavy atom. The second-order valence-electron chi connectivity index (χ2n) is 6.86. The molecule has 1 saturated heterocycles. The highest BCUT2D eigenvalue weighted by Gasteiger charge is 2.44. The smallest absolute Gasteiger partial charge is 0.164 e. The van der Waals surface area contributed by atoms with E-state index in [1.807, 2.05) is 30.0 Å². The van der Waals surface area contributed by atoms with E-state index in [-0.39, 0.29) is 28.6 Å². The standard InChI is InChI=1S/C19H18ClFN2O2S2/c1-12-2-7-15(8-16(12)20)23(9-13-3-5-14(21)6-4-13)19-22-17-10-27(24,25)11-18(17)26-19/h2-8,17-18H,9-11H2,1H3/t17-,18+/m1/s1. The van der Waals surface area contributed by atoms with E-state index in [0.717, 1.165) is 22.0 Å². The van der Waals surface area contributed by atoms with Crippen molar-refractivity contribution in [3.63, 3.8) is 0 Å². The molecule has 2 atom stereocenters. The summed E-state index contributed by atoms with van der Waals surface area (Å²) in [6, 6.07) is 11.9. The van der Waals surface area contributed by atoms with Gasteiger partial charge in [0.1, 0.15) is 5.82 Å². The molecule has 2 aliphatic heterocycles. The zero-order chi connectivity index (χ0) is 19.2. The summed E-state index contributed by atoms with van der Waals surface area (Å²) in [6.45, 7) is 2.44. The van der Waals surface area contributed by atoms with Gasteiger partial charge in [0, 0.05) is 16.0 Å². The van der Waals surface area contributed by atoms with Crippen LogP contribution in [0.1, 0.15) is 11.1 Å². The molecule has 4 nitrogen and oxygen atoms in total. The number of hydrogen-bond acceptors (Lipinski definition) is 5. The van der Waals surface area contributed by atoms with Crippen LogP contribution >= 0.6 is 23.4 Å². The van der Waals surface area contributed by atoms with Crippen LogP contribution in [0.25, 0.3) is 0 Å². The van der Waals surface area contributed by atoms with E-state index in [1.165, 1.54) is 23.9 Å². The highest BCUT2D eigenvalue weighted by Crippen LogP contribution is 2.38. The maximum Gasteiger partial charge on any atom is 0.164 e. The number of halogens is 2. The third-order valence-corrected chi connectivity index (χ3v) is 8.41. The van der Waals surface area contributed by atoms with Gasteiger partial charge in [-0.1, -0.05) is 41.6 Å². The molecule has 0 aromatic heterocycles. The Bertz CT molecular complexity index is 1010. The van der Waals surface area contributed by atoms with Crippen molar-refractivity contribution in [3.05, 3.63) is 64.4 Å². The number of hydrogen-bond donors (Lipinski definition) is 0. The average Bonchev–Trinajstić information content (AvgIpc) is 3.10. The van der Waals surface area contributed by atoms with Gasteiger partial charge in [-0.25, -0.2) is 12.8 Å². The number of aliphatic imine (C=N–C) groups is 1. The van der Waals surface area contributed by atoms with E-state index in [1.54, 1.807) is 12.1 Å². The first-order valence-corrected chi connectivity index (χ1v) is 11.6. The Kier molecular flexibility index (Phi) is 4.94. The number of sulfone groups is 1. The summed E-state index contributed by atoms with van der Waals surface area (Å²) in [5, 5.41) is 1.40. The van der Waals surface area contributed by atoms with E-state index in [0.29, 0.717) is 11.6 Å². The summed E-state index contributed by atoms with van der Waals surface area (Å²) in [6.07, 6.45) is 0. The Balaban J connectivity index is 1.68. The van der Waals surface area contributed by atoms with Crippen LogP contribution in [-0.2, 0) is 16.4 Å². The van der Waals surface area contributed by atoms with Crippen LogP contribution < -0.4 is 4.90 Å². The van der Waals surface area contributed by atoms with Crippen LogP contribution in [0.4, 0.5) is 10.1 Å². The summed E-state index contributed by atoms with van der Waals surface area (Å²) < 4.78 is 37.0. The van der Waals surface area contributed by atoms with E-state index >= 15 is 0 Å². The number of amidine groups is 1. The molecule has 0 N–H and O–H groups in total. The fraction of sp³-hybridized carbons (Fsp3) is 0.316. The van der Waals surface area contributed by atoms with Gasteiger partial charge in [0.2, 0.25) is 0 Å². The number of aryl methyl sites for hydroxylation is 1. The average molecular weight is 425 g/mol. The molecule has 2 aliphatic rings. The van der Waals surface area contributed by atoms with Crippen LogP contribution in [0.3, 0.4) is 0 Å². The largest absolute Gasteiger partial charge is 0.317 e. The number of fused-ring (bicyclic) bond motifs is 1. The number of anilines is 1. The summed E-state index contributed by atoms with van der Waals surface area (Å²) in [5.41, 5.74) is 2.79. The molecule has 0 radical (unpaired) electrons. The lowest BCUT2D eigenvalue weighted by Crippen LogP contribution is -2.28. The number of rotatable bonds is 3. The van der Waals surface area contributed by atoms with Gasteiger partial charge < -0.3 is 4.90 Å². The van der Waals surface area contributed by atoms with Gasteiger partial charge in [0.25, 0.3) is 0 Å². The number of benzene rings is 2. The predicted octanol–water partition coefficient (Wildman–Crippen LogP) is 4.06. The zero-order valence-electron chi connectivity index (χ0n) is 14.6. The maximum absolute atomic E-state index is 13.3.